The first-order valence-corrected chi connectivity index (χ1v) is 6.71. The molecule has 1 aliphatic heterocycles. The largest absolute Gasteiger partial charge is 0.368 e. The molecule has 1 amide bonds. The molecule has 1 aliphatic rings. The van der Waals surface area contributed by atoms with Gasteiger partial charge in [0, 0.05) is 31.7 Å². The number of carbonyl (C=O) groups is 1. The summed E-state index contributed by atoms with van der Waals surface area (Å²) in [5, 5.41) is 3.48. The molecular formula is C13H14ClN5O. The van der Waals surface area contributed by atoms with Crippen molar-refractivity contribution in [1.82, 2.24) is 19.9 Å². The minimum Gasteiger partial charge on any atom is -0.368 e. The van der Waals surface area contributed by atoms with Crippen LogP contribution in [0.3, 0.4) is 0 Å². The second kappa shape index (κ2) is 5.13. The summed E-state index contributed by atoms with van der Waals surface area (Å²) < 4.78 is 0. The number of likely N-dealkylation sites (tertiary alicyclic amines) is 1. The van der Waals surface area contributed by atoms with Gasteiger partial charge < -0.3 is 15.2 Å². The first-order chi connectivity index (χ1) is 9.67. The molecular weight excluding hydrogens is 278 g/mol. The van der Waals surface area contributed by atoms with Crippen molar-refractivity contribution in [2.45, 2.75) is 0 Å². The Morgan fingerprint density at radius 3 is 3.15 bits per heavy atom. The molecule has 0 atom stereocenters. The van der Waals surface area contributed by atoms with E-state index in [0.717, 1.165) is 30.7 Å². The maximum atomic E-state index is 11.3. The van der Waals surface area contributed by atoms with Crippen molar-refractivity contribution in [3.63, 3.8) is 0 Å². The van der Waals surface area contributed by atoms with E-state index < -0.39 is 0 Å². The van der Waals surface area contributed by atoms with Gasteiger partial charge in [0.1, 0.15) is 5.52 Å². The molecule has 1 saturated heterocycles. The number of aromatic amines is 1. The summed E-state index contributed by atoms with van der Waals surface area (Å²) in [5.41, 5.74) is 1.62. The molecule has 0 aromatic carbocycles. The van der Waals surface area contributed by atoms with Gasteiger partial charge in [0.2, 0.25) is 11.2 Å². The summed E-state index contributed by atoms with van der Waals surface area (Å²) in [7, 11) is 0. The van der Waals surface area contributed by atoms with Crippen LogP contribution in [0.5, 0.6) is 0 Å². The average molecular weight is 292 g/mol. The molecule has 2 aromatic rings. The molecule has 6 nitrogen and oxygen atoms in total. The van der Waals surface area contributed by atoms with E-state index in [2.05, 4.69) is 26.8 Å². The lowest BCUT2D eigenvalue weighted by molar-refractivity contribution is -0.131. The van der Waals surface area contributed by atoms with E-state index in [1.807, 2.05) is 6.07 Å². The molecule has 0 aliphatic carbocycles. The third kappa shape index (κ3) is 2.34. The van der Waals surface area contributed by atoms with Crippen molar-refractivity contribution in [1.29, 1.82) is 0 Å². The topological polar surface area (TPSA) is 73.9 Å². The van der Waals surface area contributed by atoms with Crippen LogP contribution in [0.4, 0.5) is 5.82 Å². The maximum Gasteiger partial charge on any atom is 0.245 e. The van der Waals surface area contributed by atoms with Gasteiger partial charge >= 0.3 is 0 Å². The number of hydrogen-bond donors (Lipinski definition) is 2. The van der Waals surface area contributed by atoms with Gasteiger partial charge in [0.05, 0.1) is 5.52 Å². The van der Waals surface area contributed by atoms with Gasteiger partial charge in [-0.2, -0.15) is 4.98 Å². The highest BCUT2D eigenvalue weighted by Crippen LogP contribution is 2.22. The number of amides is 1. The molecule has 7 heteroatoms. The highest BCUT2D eigenvalue weighted by atomic mass is 35.5. The Labute approximate surface area is 120 Å². The molecule has 0 unspecified atom stereocenters. The van der Waals surface area contributed by atoms with Crippen LogP contribution in [0.2, 0.25) is 5.28 Å². The molecule has 0 radical (unpaired) electrons. The molecule has 104 valence electrons. The van der Waals surface area contributed by atoms with Crippen molar-refractivity contribution in [3.05, 3.63) is 30.2 Å². The second-order valence-corrected chi connectivity index (χ2v) is 5.11. The van der Waals surface area contributed by atoms with E-state index in [4.69, 9.17) is 11.6 Å². The summed E-state index contributed by atoms with van der Waals surface area (Å²) in [4.78, 5) is 24.5. The predicted octanol–water partition coefficient (Wildman–Crippen LogP) is 1.67. The van der Waals surface area contributed by atoms with Crippen LogP contribution >= 0.6 is 11.6 Å². The van der Waals surface area contributed by atoms with Gasteiger partial charge in [-0.05, 0) is 23.7 Å². The van der Waals surface area contributed by atoms with Crippen LogP contribution in [-0.2, 0) is 4.79 Å². The number of nitrogens with one attached hydrogen (secondary N) is 2. The standard InChI is InChI=1S/C13H14ClN5O/c1-2-10(20)19-6-8(7-19)5-16-12-11-9(3-4-15-11)17-13(14)18-12/h2-4,8,15H,1,5-7H2,(H,16,17,18). The number of halogens is 1. The zero-order valence-corrected chi connectivity index (χ0v) is 11.5. The molecule has 0 spiro atoms. The molecule has 3 heterocycles. The quantitative estimate of drug-likeness (QED) is 0.664. The number of aromatic nitrogens is 3. The van der Waals surface area contributed by atoms with Crippen LogP contribution in [0.1, 0.15) is 0 Å². The maximum absolute atomic E-state index is 11.3. The van der Waals surface area contributed by atoms with Crippen molar-refractivity contribution < 1.29 is 4.79 Å². The first-order valence-electron chi connectivity index (χ1n) is 6.33. The monoisotopic (exact) mass is 291 g/mol. The van der Waals surface area contributed by atoms with Gasteiger partial charge in [-0.15, -0.1) is 0 Å². The molecule has 1 fully saturated rings. The van der Waals surface area contributed by atoms with Gasteiger partial charge in [0.25, 0.3) is 0 Å². The van der Waals surface area contributed by atoms with E-state index in [-0.39, 0.29) is 11.2 Å². The highest BCUT2D eigenvalue weighted by Gasteiger charge is 2.29. The number of hydrogen-bond acceptors (Lipinski definition) is 4. The average Bonchev–Trinajstić information content (AvgIpc) is 2.84. The van der Waals surface area contributed by atoms with Crippen molar-refractivity contribution in [3.8, 4) is 0 Å². The van der Waals surface area contributed by atoms with E-state index in [1.54, 1.807) is 11.1 Å². The minimum atomic E-state index is -0.0157. The molecule has 3 rings (SSSR count). The Bertz CT molecular complexity index is 662. The van der Waals surface area contributed by atoms with Crippen LogP contribution in [-0.4, -0.2) is 45.4 Å². The minimum absolute atomic E-state index is 0.0157. The Morgan fingerprint density at radius 2 is 2.40 bits per heavy atom. The number of carbonyl (C=O) groups excluding carboxylic acids is 1. The van der Waals surface area contributed by atoms with Crippen molar-refractivity contribution in [2.75, 3.05) is 25.0 Å². The molecule has 2 aromatic heterocycles. The Kier molecular flexibility index (Phi) is 3.31. The predicted molar refractivity (Wildman–Crippen MR) is 77.7 cm³/mol. The zero-order valence-electron chi connectivity index (χ0n) is 10.8. The highest BCUT2D eigenvalue weighted by molar-refractivity contribution is 6.28. The van der Waals surface area contributed by atoms with Gasteiger partial charge in [-0.25, -0.2) is 4.98 Å². The van der Waals surface area contributed by atoms with E-state index >= 15 is 0 Å². The molecule has 0 bridgehead atoms. The third-order valence-electron chi connectivity index (χ3n) is 3.38. The number of fused-ring (bicyclic) bond motifs is 1. The zero-order chi connectivity index (χ0) is 14.1. The van der Waals surface area contributed by atoms with Crippen LogP contribution < -0.4 is 5.32 Å². The Hall–Kier alpha value is -2.08. The van der Waals surface area contributed by atoms with Crippen LogP contribution in [0, 0.1) is 5.92 Å². The SMILES string of the molecule is C=CC(=O)N1CC(CNc2nc(Cl)nc3cc[nH]c23)C1. The first kappa shape index (κ1) is 12.9. The van der Waals surface area contributed by atoms with Gasteiger partial charge in [-0.3, -0.25) is 4.79 Å². The summed E-state index contributed by atoms with van der Waals surface area (Å²) in [5.74, 6) is 1.09. The van der Waals surface area contributed by atoms with Crippen molar-refractivity contribution >= 4 is 34.4 Å². The fourth-order valence-corrected chi connectivity index (χ4v) is 2.47. The van der Waals surface area contributed by atoms with Crippen LogP contribution in [0.25, 0.3) is 11.0 Å². The second-order valence-electron chi connectivity index (χ2n) is 4.77. The lowest BCUT2D eigenvalue weighted by atomic mass is 10.00. The Balaban J connectivity index is 1.62. The fourth-order valence-electron chi connectivity index (χ4n) is 2.29. The van der Waals surface area contributed by atoms with Crippen LogP contribution in [0.15, 0.2) is 24.9 Å². The van der Waals surface area contributed by atoms with Gasteiger partial charge in [-0.1, -0.05) is 6.58 Å². The summed E-state index contributed by atoms with van der Waals surface area (Å²) in [6.45, 7) is 5.70. The van der Waals surface area contributed by atoms with E-state index in [0.29, 0.717) is 11.7 Å². The molecule has 0 saturated carbocycles. The summed E-state index contributed by atoms with van der Waals surface area (Å²) in [6, 6.07) is 1.85. The number of anilines is 1. The van der Waals surface area contributed by atoms with E-state index in [1.165, 1.54) is 6.08 Å². The van der Waals surface area contributed by atoms with E-state index in [9.17, 15) is 4.79 Å². The lowest BCUT2D eigenvalue weighted by Crippen LogP contribution is -2.51. The molecule has 2 N–H and O–H groups in total. The lowest BCUT2D eigenvalue weighted by Gasteiger charge is -2.38. The smallest absolute Gasteiger partial charge is 0.245 e. The molecule has 20 heavy (non-hydrogen) atoms. The summed E-state index contributed by atoms with van der Waals surface area (Å²) >= 11 is 5.89. The van der Waals surface area contributed by atoms with Gasteiger partial charge in [0.15, 0.2) is 5.82 Å². The summed E-state index contributed by atoms with van der Waals surface area (Å²) in [6.07, 6.45) is 3.14. The number of rotatable bonds is 4. The number of nitrogens with zero attached hydrogens (tertiary/aromatic N) is 3. The van der Waals surface area contributed by atoms with Crippen molar-refractivity contribution in [2.24, 2.45) is 5.92 Å². The number of H-pyrrole nitrogens is 1. The third-order valence-corrected chi connectivity index (χ3v) is 3.55. The Morgan fingerprint density at radius 1 is 1.60 bits per heavy atom. The normalized spacial score (nSPS) is 15.2. The fraction of sp³-hybridized carbons (Fsp3) is 0.308.